The van der Waals surface area contributed by atoms with Crippen LogP contribution in [0.2, 0.25) is 0 Å². The second-order valence-electron chi connectivity index (χ2n) is 9.09. The molecule has 2 N–H and O–H groups in total. The standard InChI is InChI=1S/2C15H15.C2H4O3.O.Ti/c2*1-15(2,13-9-5-3-6-10-13)14-11-7-4-8-12-14;3-1-2(4)5;;/h2*3-11H,1-2H3;3H,1H2,(H,4,5);;/q2*-1;;;+2. The first-order valence-corrected chi connectivity index (χ1v) is 12.4. The number of carbonyl (C=O) groups is 1. The Kier molecular flexibility index (Phi) is 14.2. The van der Waals surface area contributed by atoms with Gasteiger partial charge in [0.2, 0.25) is 0 Å². The predicted molar refractivity (Wildman–Crippen MR) is 143 cm³/mol. The molecule has 4 aromatic rings. The van der Waals surface area contributed by atoms with Gasteiger partial charge in [0.05, 0.1) is 0 Å². The Morgan fingerprint density at radius 2 is 0.946 bits per heavy atom. The zero-order valence-corrected chi connectivity index (χ0v) is 23.4. The van der Waals surface area contributed by atoms with E-state index in [1.54, 1.807) is 0 Å². The van der Waals surface area contributed by atoms with Crippen LogP contribution in [0.5, 0.6) is 0 Å². The van der Waals surface area contributed by atoms with Crippen molar-refractivity contribution in [3.05, 3.63) is 144 Å². The monoisotopic (exact) mass is 530 g/mol. The van der Waals surface area contributed by atoms with Gasteiger partial charge in [0.15, 0.2) is 0 Å². The van der Waals surface area contributed by atoms with E-state index in [0.29, 0.717) is 0 Å². The molecule has 4 nitrogen and oxygen atoms in total. The van der Waals surface area contributed by atoms with Crippen LogP contribution in [0.3, 0.4) is 0 Å². The summed E-state index contributed by atoms with van der Waals surface area (Å²) in [5, 5.41) is 15.0. The van der Waals surface area contributed by atoms with E-state index in [2.05, 4.69) is 113 Å². The fourth-order valence-electron chi connectivity index (χ4n) is 3.58. The van der Waals surface area contributed by atoms with Gasteiger partial charge in [-0.1, -0.05) is 88.4 Å². The molecule has 4 rings (SSSR count). The zero-order chi connectivity index (χ0) is 27.7. The molecular formula is C32H34O4Ti. The minimum atomic E-state index is -1.19. The van der Waals surface area contributed by atoms with Crippen LogP contribution in [0.15, 0.2) is 109 Å². The van der Waals surface area contributed by atoms with Gasteiger partial charge >= 0.3 is 29.7 Å². The Morgan fingerprint density at radius 1 is 0.649 bits per heavy atom. The summed E-state index contributed by atoms with van der Waals surface area (Å²) < 4.78 is 8.25. The summed E-state index contributed by atoms with van der Waals surface area (Å²) in [6.07, 6.45) is 0. The Balaban J connectivity index is 0.000000298. The molecule has 0 atom stereocenters. The number of rotatable bonds is 5. The molecule has 0 fully saturated rings. The fraction of sp³-hybridized carbons (Fsp3) is 0.219. The van der Waals surface area contributed by atoms with Gasteiger partial charge in [0.25, 0.3) is 0 Å². The van der Waals surface area contributed by atoms with Gasteiger partial charge in [0, 0.05) is 0 Å². The summed E-state index contributed by atoms with van der Waals surface area (Å²) in [7, 11) is 0. The van der Waals surface area contributed by atoms with E-state index in [0.717, 1.165) is 20.4 Å². The van der Waals surface area contributed by atoms with Crippen molar-refractivity contribution < 1.29 is 38.7 Å². The normalized spacial score (nSPS) is 10.4. The van der Waals surface area contributed by atoms with Crippen LogP contribution in [0.4, 0.5) is 0 Å². The number of aliphatic carboxylic acids is 1. The number of carboxylic acids is 1. The second-order valence-corrected chi connectivity index (χ2v) is 9.09. The van der Waals surface area contributed by atoms with Crippen molar-refractivity contribution in [1.82, 2.24) is 0 Å². The number of hydrogen-bond donors (Lipinski definition) is 2. The summed E-state index contributed by atoms with van der Waals surface area (Å²) >= 11 is 0.750. The van der Waals surface area contributed by atoms with Crippen LogP contribution in [-0.2, 0) is 39.4 Å². The second kappa shape index (κ2) is 16.5. The molecule has 0 radical (unpaired) electrons. The molecule has 0 bridgehead atoms. The third-order valence-corrected chi connectivity index (χ3v) is 5.89. The molecule has 4 aromatic carbocycles. The average Bonchev–Trinajstić information content (AvgIpc) is 2.96. The van der Waals surface area contributed by atoms with Gasteiger partial charge in [-0.2, -0.15) is 71.8 Å². The summed E-state index contributed by atoms with van der Waals surface area (Å²) in [6, 6.07) is 44.1. The average molecular weight is 530 g/mol. The van der Waals surface area contributed by atoms with Crippen LogP contribution in [-0.4, -0.2) is 22.8 Å². The number of aliphatic hydroxyl groups is 1. The Morgan fingerprint density at radius 3 is 1.19 bits per heavy atom. The first kappa shape index (κ1) is 31.9. The van der Waals surface area contributed by atoms with Crippen molar-refractivity contribution in [3.63, 3.8) is 0 Å². The van der Waals surface area contributed by atoms with E-state index in [1.807, 2.05) is 36.4 Å². The molecule has 37 heavy (non-hydrogen) atoms. The summed E-state index contributed by atoms with van der Waals surface area (Å²) in [5.74, 6) is -1.19. The molecule has 0 saturated carbocycles. The summed E-state index contributed by atoms with van der Waals surface area (Å²) in [6.45, 7) is 8.14. The van der Waals surface area contributed by atoms with E-state index >= 15 is 0 Å². The number of hydrogen-bond acceptors (Lipinski definition) is 3. The molecule has 0 amide bonds. The predicted octanol–water partition coefficient (Wildman–Crippen LogP) is 6.57. The van der Waals surface area contributed by atoms with Crippen LogP contribution in [0.1, 0.15) is 49.9 Å². The molecular weight excluding hydrogens is 496 g/mol. The van der Waals surface area contributed by atoms with Crippen molar-refractivity contribution >= 4 is 5.97 Å². The third kappa shape index (κ3) is 10.4. The van der Waals surface area contributed by atoms with Gasteiger partial charge in [0.1, 0.15) is 6.61 Å². The quantitative estimate of drug-likeness (QED) is 0.226. The topological polar surface area (TPSA) is 74.6 Å². The molecule has 0 aliphatic carbocycles. The van der Waals surface area contributed by atoms with Crippen LogP contribution in [0, 0.1) is 12.1 Å². The maximum atomic E-state index is 9.12. The molecule has 0 spiro atoms. The van der Waals surface area contributed by atoms with E-state index in [9.17, 15) is 0 Å². The molecule has 0 unspecified atom stereocenters. The van der Waals surface area contributed by atoms with Gasteiger partial charge in [-0.25, -0.2) is 4.79 Å². The Bertz CT molecular complexity index is 977. The molecule has 0 aromatic heterocycles. The van der Waals surface area contributed by atoms with Gasteiger partial charge in [-0.3, -0.25) is 0 Å². The molecule has 0 heterocycles. The SMILES string of the molecule is CC(C)(c1[c-]cccc1)c1ccccc1.CC(C)(c1[c-]cccc1)c1ccccc1.O=C(O)CO.[O]=[Ti+2]. The Hall–Kier alpha value is -3.18. The van der Waals surface area contributed by atoms with Crippen molar-refractivity contribution in [3.8, 4) is 0 Å². The van der Waals surface area contributed by atoms with Crippen LogP contribution in [0.25, 0.3) is 0 Å². The number of benzene rings is 4. The summed E-state index contributed by atoms with van der Waals surface area (Å²) in [4.78, 5) is 9.12. The third-order valence-electron chi connectivity index (χ3n) is 5.89. The molecule has 0 aliphatic heterocycles. The van der Waals surface area contributed by atoms with Gasteiger partial charge in [-0.05, 0) is 22.0 Å². The molecule has 190 valence electrons. The number of carboxylic acid groups (broad SMARTS) is 1. The molecule has 0 saturated heterocycles. The summed E-state index contributed by atoms with van der Waals surface area (Å²) in [5.41, 5.74) is 5.18. The maximum absolute atomic E-state index is 9.12. The van der Waals surface area contributed by atoms with E-state index in [1.165, 1.54) is 22.3 Å². The minimum absolute atomic E-state index is 0.0303. The van der Waals surface area contributed by atoms with Gasteiger partial charge in [-0.15, -0.1) is 0 Å². The first-order chi connectivity index (χ1) is 17.7. The van der Waals surface area contributed by atoms with Gasteiger partial charge < -0.3 is 10.2 Å². The number of aliphatic hydroxyl groups excluding tert-OH is 1. The zero-order valence-electron chi connectivity index (χ0n) is 21.8. The molecule has 0 aliphatic rings. The first-order valence-electron chi connectivity index (χ1n) is 11.8. The van der Waals surface area contributed by atoms with Crippen LogP contribution >= 0.6 is 0 Å². The van der Waals surface area contributed by atoms with Crippen molar-refractivity contribution in [2.45, 2.75) is 38.5 Å². The fourth-order valence-corrected chi connectivity index (χ4v) is 3.58. The van der Waals surface area contributed by atoms with Crippen LogP contribution < -0.4 is 0 Å². The van der Waals surface area contributed by atoms with Crippen molar-refractivity contribution in [2.24, 2.45) is 0 Å². The van der Waals surface area contributed by atoms with E-state index < -0.39 is 12.6 Å². The molecule has 5 heteroatoms. The Labute approximate surface area is 232 Å². The van der Waals surface area contributed by atoms with E-state index in [-0.39, 0.29) is 10.8 Å². The van der Waals surface area contributed by atoms with E-state index in [4.69, 9.17) is 18.3 Å². The van der Waals surface area contributed by atoms with Crippen molar-refractivity contribution in [2.75, 3.05) is 6.61 Å². The van der Waals surface area contributed by atoms with Crippen molar-refractivity contribution in [1.29, 1.82) is 0 Å².